The first-order valence-electron chi connectivity index (χ1n) is 4.97. The van der Waals surface area contributed by atoms with Gasteiger partial charge in [-0.1, -0.05) is 0 Å². The molecule has 1 rings (SSSR count). The van der Waals surface area contributed by atoms with E-state index in [1.54, 1.807) is 23.3 Å². The van der Waals surface area contributed by atoms with Crippen molar-refractivity contribution in [3.63, 3.8) is 0 Å². The SMILES string of the molecule is CCN(CC(=O)OC)C(=O)n1cc[n+](C)c1. The molecular weight excluding hydrogens is 210 g/mol. The van der Waals surface area contributed by atoms with Gasteiger partial charge in [-0.05, 0) is 6.92 Å². The van der Waals surface area contributed by atoms with Crippen molar-refractivity contribution >= 4 is 12.0 Å². The number of nitrogens with zero attached hydrogens (tertiary/aromatic N) is 3. The summed E-state index contributed by atoms with van der Waals surface area (Å²) >= 11 is 0. The third-order valence-corrected chi connectivity index (χ3v) is 2.19. The lowest BCUT2D eigenvalue weighted by Gasteiger charge is -2.15. The molecule has 0 radical (unpaired) electrons. The van der Waals surface area contributed by atoms with Crippen molar-refractivity contribution in [3.05, 3.63) is 18.7 Å². The number of esters is 1. The van der Waals surface area contributed by atoms with Crippen LogP contribution in [0, 0.1) is 0 Å². The minimum atomic E-state index is -0.424. The second-order valence-corrected chi connectivity index (χ2v) is 3.36. The van der Waals surface area contributed by atoms with Crippen LogP contribution in [0.3, 0.4) is 0 Å². The maximum absolute atomic E-state index is 11.9. The number of ether oxygens (including phenoxy) is 1. The van der Waals surface area contributed by atoms with E-state index in [0.29, 0.717) is 6.54 Å². The van der Waals surface area contributed by atoms with Gasteiger partial charge in [-0.2, -0.15) is 4.57 Å². The molecule has 6 nitrogen and oxygen atoms in total. The fraction of sp³-hybridized carbons (Fsp3) is 0.500. The first-order chi connectivity index (χ1) is 7.58. The van der Waals surface area contributed by atoms with Crippen molar-refractivity contribution in [2.45, 2.75) is 6.92 Å². The van der Waals surface area contributed by atoms with Crippen LogP contribution in [-0.2, 0) is 16.6 Å². The number of hydrogen-bond donors (Lipinski definition) is 0. The van der Waals surface area contributed by atoms with Crippen LogP contribution in [0.2, 0.25) is 0 Å². The molecule has 88 valence electrons. The molecule has 0 aromatic carbocycles. The van der Waals surface area contributed by atoms with E-state index in [1.165, 1.54) is 16.6 Å². The van der Waals surface area contributed by atoms with Crippen molar-refractivity contribution in [1.82, 2.24) is 9.47 Å². The van der Waals surface area contributed by atoms with Crippen molar-refractivity contribution < 1.29 is 18.9 Å². The molecule has 0 aliphatic carbocycles. The van der Waals surface area contributed by atoms with Gasteiger partial charge in [0, 0.05) is 6.54 Å². The normalized spacial score (nSPS) is 9.94. The number of aryl methyl sites for hydroxylation is 1. The van der Waals surface area contributed by atoms with Gasteiger partial charge in [0.2, 0.25) is 0 Å². The molecule has 0 N–H and O–H groups in total. The van der Waals surface area contributed by atoms with Crippen LogP contribution < -0.4 is 4.57 Å². The highest BCUT2D eigenvalue weighted by Gasteiger charge is 2.21. The molecule has 1 heterocycles. The van der Waals surface area contributed by atoms with E-state index >= 15 is 0 Å². The molecule has 0 fully saturated rings. The van der Waals surface area contributed by atoms with Gasteiger partial charge in [0.05, 0.1) is 14.2 Å². The second-order valence-electron chi connectivity index (χ2n) is 3.36. The quantitative estimate of drug-likeness (QED) is 0.528. The summed E-state index contributed by atoms with van der Waals surface area (Å²) in [6.45, 7) is 2.23. The minimum absolute atomic E-state index is 0.0340. The van der Waals surface area contributed by atoms with Crippen molar-refractivity contribution in [2.75, 3.05) is 20.2 Å². The molecular formula is C10H16N3O3+. The number of hydrogen-bond acceptors (Lipinski definition) is 3. The van der Waals surface area contributed by atoms with E-state index in [2.05, 4.69) is 4.74 Å². The van der Waals surface area contributed by atoms with Crippen LogP contribution in [0.25, 0.3) is 0 Å². The lowest BCUT2D eigenvalue weighted by molar-refractivity contribution is -0.670. The smallest absolute Gasteiger partial charge is 0.416 e. The monoisotopic (exact) mass is 226 g/mol. The van der Waals surface area contributed by atoms with Gasteiger partial charge < -0.3 is 4.74 Å². The van der Waals surface area contributed by atoms with Crippen LogP contribution in [0.4, 0.5) is 4.79 Å². The van der Waals surface area contributed by atoms with Gasteiger partial charge in [-0.25, -0.2) is 9.36 Å². The molecule has 0 unspecified atom stereocenters. The Balaban J connectivity index is 2.73. The van der Waals surface area contributed by atoms with E-state index < -0.39 is 5.97 Å². The molecule has 0 saturated heterocycles. The first kappa shape index (κ1) is 12.2. The number of methoxy groups -OCH3 is 1. The summed E-state index contributed by atoms with van der Waals surface area (Å²) in [4.78, 5) is 24.4. The largest absolute Gasteiger partial charge is 0.468 e. The van der Waals surface area contributed by atoms with E-state index in [9.17, 15) is 9.59 Å². The van der Waals surface area contributed by atoms with Gasteiger partial charge in [0.25, 0.3) is 6.33 Å². The lowest BCUT2D eigenvalue weighted by atomic mass is 10.5. The third kappa shape index (κ3) is 2.82. The average Bonchev–Trinajstić information content (AvgIpc) is 2.71. The summed E-state index contributed by atoms with van der Waals surface area (Å²) < 4.78 is 7.70. The Bertz CT molecular complexity index is 386. The number of likely N-dealkylation sites (N-methyl/N-ethyl adjacent to an activating group) is 1. The summed E-state index contributed by atoms with van der Waals surface area (Å²) in [7, 11) is 3.12. The van der Waals surface area contributed by atoms with Crippen LogP contribution in [0.1, 0.15) is 6.92 Å². The predicted molar refractivity (Wildman–Crippen MR) is 55.7 cm³/mol. The molecule has 6 heteroatoms. The predicted octanol–water partition coefficient (Wildman–Crippen LogP) is -0.224. The van der Waals surface area contributed by atoms with E-state index in [0.717, 1.165) is 0 Å². The zero-order chi connectivity index (χ0) is 12.1. The van der Waals surface area contributed by atoms with Gasteiger partial charge in [-0.3, -0.25) is 9.69 Å². The number of imidazole rings is 1. The van der Waals surface area contributed by atoms with Gasteiger partial charge >= 0.3 is 12.0 Å². The molecule has 1 aromatic heterocycles. The molecule has 1 amide bonds. The summed E-state index contributed by atoms with van der Waals surface area (Å²) in [6.07, 6.45) is 5.04. The van der Waals surface area contributed by atoms with E-state index in [4.69, 9.17) is 0 Å². The number of carbonyl (C=O) groups excluding carboxylic acids is 2. The number of aromatic nitrogens is 2. The summed E-state index contributed by atoms with van der Waals surface area (Å²) in [5.74, 6) is -0.424. The zero-order valence-corrected chi connectivity index (χ0v) is 9.71. The Kier molecular flexibility index (Phi) is 4.04. The fourth-order valence-electron chi connectivity index (χ4n) is 1.26. The zero-order valence-electron chi connectivity index (χ0n) is 9.71. The molecule has 0 bridgehead atoms. The Morgan fingerprint density at radius 3 is 2.62 bits per heavy atom. The fourth-order valence-corrected chi connectivity index (χ4v) is 1.26. The highest BCUT2D eigenvalue weighted by molar-refractivity contribution is 5.82. The maximum Gasteiger partial charge on any atom is 0.416 e. The summed E-state index contributed by atoms with van der Waals surface area (Å²) in [5, 5.41) is 0. The Morgan fingerprint density at radius 1 is 1.50 bits per heavy atom. The highest BCUT2D eigenvalue weighted by Crippen LogP contribution is 1.96. The van der Waals surface area contributed by atoms with Crippen molar-refractivity contribution in [3.8, 4) is 0 Å². The molecule has 0 atom stereocenters. The number of amides is 1. The highest BCUT2D eigenvalue weighted by atomic mass is 16.5. The first-order valence-corrected chi connectivity index (χ1v) is 4.97. The maximum atomic E-state index is 11.9. The number of carbonyl (C=O) groups is 2. The average molecular weight is 226 g/mol. The topological polar surface area (TPSA) is 55.4 Å². The molecule has 0 aliphatic heterocycles. The second kappa shape index (κ2) is 5.29. The molecule has 0 aliphatic rings. The molecule has 16 heavy (non-hydrogen) atoms. The van der Waals surface area contributed by atoms with E-state index in [-0.39, 0.29) is 12.6 Å². The lowest BCUT2D eigenvalue weighted by Crippen LogP contribution is -2.39. The van der Waals surface area contributed by atoms with Crippen LogP contribution >= 0.6 is 0 Å². The Hall–Kier alpha value is -1.85. The standard InChI is InChI=1S/C10H16N3O3/c1-4-12(7-9(14)16-3)10(15)13-6-5-11(2)8-13/h5-6,8H,4,7H2,1-3H3/q+1. The molecule has 0 spiro atoms. The molecule has 0 saturated carbocycles. The van der Waals surface area contributed by atoms with E-state index in [1.807, 2.05) is 14.0 Å². The van der Waals surface area contributed by atoms with Crippen molar-refractivity contribution in [1.29, 1.82) is 0 Å². The Morgan fingerprint density at radius 2 is 2.19 bits per heavy atom. The van der Waals surface area contributed by atoms with Crippen molar-refractivity contribution in [2.24, 2.45) is 7.05 Å². The summed E-state index contributed by atoms with van der Waals surface area (Å²) in [5.41, 5.74) is 0. The summed E-state index contributed by atoms with van der Waals surface area (Å²) in [6, 6.07) is -0.242. The van der Waals surface area contributed by atoms with Gasteiger partial charge in [-0.15, -0.1) is 0 Å². The minimum Gasteiger partial charge on any atom is -0.468 e. The number of rotatable bonds is 3. The van der Waals surface area contributed by atoms with Crippen LogP contribution in [0.15, 0.2) is 18.7 Å². The third-order valence-electron chi connectivity index (χ3n) is 2.19. The molecule has 1 aromatic rings. The Labute approximate surface area is 94.0 Å². The van der Waals surface area contributed by atoms with Crippen LogP contribution in [0.5, 0.6) is 0 Å². The van der Waals surface area contributed by atoms with Gasteiger partial charge in [0.1, 0.15) is 18.9 Å². The van der Waals surface area contributed by atoms with Crippen LogP contribution in [-0.4, -0.2) is 41.7 Å². The van der Waals surface area contributed by atoms with Gasteiger partial charge in [0.15, 0.2) is 0 Å².